The molecule has 0 saturated carbocycles. The minimum atomic E-state index is 0.859. The summed E-state index contributed by atoms with van der Waals surface area (Å²) >= 11 is 0. The Kier molecular flexibility index (Phi) is 6.05. The van der Waals surface area contributed by atoms with Crippen LogP contribution >= 0.6 is 0 Å². The number of methoxy groups -OCH3 is 1. The van der Waals surface area contributed by atoms with Crippen molar-refractivity contribution >= 4 is 16.6 Å². The Labute approximate surface area is 184 Å². The standard InChI is InChI=1S/C26H32N4O/c1-31-22-9-7-19(8-10-22)25-15-26(23-5-2-3-6-24(23)29-25)28-12-4-14-30-17-20-11-13-27-16-21(20)18-30/h2-3,5-10,15,20-21,27H,4,11-14,16-18H2,1H3,(H,28,29). The fraction of sp³-hybridized carbons (Fsp3) is 0.423. The molecule has 2 aliphatic rings. The third-order valence-electron chi connectivity index (χ3n) is 6.82. The Balaban J connectivity index is 1.26. The minimum absolute atomic E-state index is 0.859. The van der Waals surface area contributed by atoms with E-state index < -0.39 is 0 Å². The van der Waals surface area contributed by atoms with Gasteiger partial charge >= 0.3 is 0 Å². The van der Waals surface area contributed by atoms with Crippen LogP contribution in [0.4, 0.5) is 5.69 Å². The number of ether oxygens (including phenoxy) is 1. The molecule has 3 aromatic rings. The Morgan fingerprint density at radius 1 is 1.10 bits per heavy atom. The van der Waals surface area contributed by atoms with Gasteiger partial charge in [0, 0.05) is 36.3 Å². The highest BCUT2D eigenvalue weighted by atomic mass is 16.5. The summed E-state index contributed by atoms with van der Waals surface area (Å²) in [5.74, 6) is 2.63. The predicted octanol–water partition coefficient (Wildman–Crippen LogP) is 4.25. The number of aromatic nitrogens is 1. The molecule has 0 aliphatic carbocycles. The van der Waals surface area contributed by atoms with Crippen molar-refractivity contribution in [2.75, 3.05) is 51.7 Å². The molecule has 1 aromatic heterocycles. The van der Waals surface area contributed by atoms with Crippen LogP contribution < -0.4 is 15.4 Å². The number of anilines is 1. The average Bonchev–Trinajstić information content (AvgIpc) is 3.24. The van der Waals surface area contributed by atoms with E-state index in [2.05, 4.69) is 58.0 Å². The summed E-state index contributed by atoms with van der Waals surface area (Å²) in [5.41, 5.74) is 4.27. The monoisotopic (exact) mass is 416 g/mol. The molecule has 5 nitrogen and oxygen atoms in total. The number of nitrogens with one attached hydrogen (secondary N) is 2. The van der Waals surface area contributed by atoms with E-state index in [-0.39, 0.29) is 0 Å². The topological polar surface area (TPSA) is 49.4 Å². The van der Waals surface area contributed by atoms with Crippen molar-refractivity contribution in [3.63, 3.8) is 0 Å². The molecule has 0 radical (unpaired) electrons. The molecule has 2 atom stereocenters. The fourth-order valence-electron chi connectivity index (χ4n) is 5.11. The van der Waals surface area contributed by atoms with Crippen molar-refractivity contribution in [3.8, 4) is 17.0 Å². The zero-order valence-corrected chi connectivity index (χ0v) is 18.3. The lowest BCUT2D eigenvalue weighted by atomic mass is 9.90. The summed E-state index contributed by atoms with van der Waals surface area (Å²) in [7, 11) is 1.69. The minimum Gasteiger partial charge on any atom is -0.497 e. The van der Waals surface area contributed by atoms with Crippen molar-refractivity contribution in [2.45, 2.75) is 12.8 Å². The molecule has 3 heterocycles. The van der Waals surface area contributed by atoms with Gasteiger partial charge in [0.2, 0.25) is 0 Å². The van der Waals surface area contributed by atoms with Crippen molar-refractivity contribution in [2.24, 2.45) is 11.8 Å². The molecule has 0 spiro atoms. The molecular formula is C26H32N4O. The highest BCUT2D eigenvalue weighted by molar-refractivity contribution is 5.93. The first kappa shape index (κ1) is 20.3. The lowest BCUT2D eigenvalue weighted by Crippen LogP contribution is -2.35. The van der Waals surface area contributed by atoms with Gasteiger partial charge in [0.05, 0.1) is 18.3 Å². The molecule has 0 amide bonds. The van der Waals surface area contributed by atoms with Gasteiger partial charge in [-0.05, 0) is 80.7 Å². The normalized spacial score (nSPS) is 21.2. The zero-order valence-electron chi connectivity index (χ0n) is 18.3. The van der Waals surface area contributed by atoms with Gasteiger partial charge in [0.25, 0.3) is 0 Å². The van der Waals surface area contributed by atoms with E-state index in [4.69, 9.17) is 9.72 Å². The van der Waals surface area contributed by atoms with Crippen LogP contribution in [0, 0.1) is 11.8 Å². The molecule has 0 bridgehead atoms. The summed E-state index contributed by atoms with van der Waals surface area (Å²) in [6.45, 7) is 7.09. The van der Waals surface area contributed by atoms with Crippen molar-refractivity contribution in [3.05, 3.63) is 54.6 Å². The van der Waals surface area contributed by atoms with Crippen LogP contribution in [-0.2, 0) is 0 Å². The first-order valence-electron chi connectivity index (χ1n) is 11.5. The molecular weight excluding hydrogens is 384 g/mol. The van der Waals surface area contributed by atoms with Crippen molar-refractivity contribution < 1.29 is 4.74 Å². The van der Waals surface area contributed by atoms with Crippen LogP contribution in [0.5, 0.6) is 5.75 Å². The maximum Gasteiger partial charge on any atom is 0.118 e. The quantitative estimate of drug-likeness (QED) is 0.564. The molecule has 2 saturated heterocycles. The number of piperidine rings is 1. The van der Waals surface area contributed by atoms with Crippen LogP contribution in [0.2, 0.25) is 0 Å². The maximum atomic E-state index is 5.30. The molecule has 31 heavy (non-hydrogen) atoms. The maximum absolute atomic E-state index is 5.30. The van der Waals surface area contributed by atoms with E-state index in [1.165, 1.54) is 44.5 Å². The second-order valence-electron chi connectivity index (χ2n) is 8.85. The van der Waals surface area contributed by atoms with Gasteiger partial charge in [-0.2, -0.15) is 0 Å². The Morgan fingerprint density at radius 3 is 2.77 bits per heavy atom. The van der Waals surface area contributed by atoms with E-state index in [1.54, 1.807) is 7.11 Å². The van der Waals surface area contributed by atoms with E-state index in [1.807, 2.05) is 12.1 Å². The van der Waals surface area contributed by atoms with E-state index >= 15 is 0 Å². The summed E-state index contributed by atoms with van der Waals surface area (Å²) < 4.78 is 5.30. The van der Waals surface area contributed by atoms with Crippen LogP contribution in [-0.4, -0.2) is 56.3 Å². The predicted molar refractivity (Wildman–Crippen MR) is 128 cm³/mol. The summed E-state index contributed by atoms with van der Waals surface area (Å²) in [5, 5.41) is 8.44. The van der Waals surface area contributed by atoms with Gasteiger partial charge in [-0.3, -0.25) is 0 Å². The first-order valence-corrected chi connectivity index (χ1v) is 11.5. The SMILES string of the molecule is COc1ccc(-c2cc(NCCCN3CC4CCNCC4C3)c3ccccc3n2)cc1. The second-order valence-corrected chi connectivity index (χ2v) is 8.85. The van der Waals surface area contributed by atoms with Gasteiger partial charge in [-0.25, -0.2) is 4.98 Å². The van der Waals surface area contributed by atoms with E-state index in [0.717, 1.165) is 53.0 Å². The third-order valence-corrected chi connectivity index (χ3v) is 6.82. The molecule has 2 N–H and O–H groups in total. The smallest absolute Gasteiger partial charge is 0.118 e. The fourth-order valence-corrected chi connectivity index (χ4v) is 5.11. The second kappa shape index (κ2) is 9.25. The third kappa shape index (κ3) is 4.53. The largest absolute Gasteiger partial charge is 0.497 e. The van der Waals surface area contributed by atoms with Crippen molar-refractivity contribution in [1.29, 1.82) is 0 Å². The van der Waals surface area contributed by atoms with Crippen LogP contribution in [0.3, 0.4) is 0 Å². The van der Waals surface area contributed by atoms with Crippen LogP contribution in [0.25, 0.3) is 22.2 Å². The lowest BCUT2D eigenvalue weighted by Gasteiger charge is -2.24. The summed E-state index contributed by atoms with van der Waals surface area (Å²) in [6.07, 6.45) is 2.50. The molecule has 162 valence electrons. The average molecular weight is 417 g/mol. The number of para-hydroxylation sites is 1. The van der Waals surface area contributed by atoms with E-state index in [0.29, 0.717) is 0 Å². The number of rotatable bonds is 7. The lowest BCUT2D eigenvalue weighted by molar-refractivity contribution is 0.317. The first-order chi connectivity index (χ1) is 15.3. The molecule has 5 rings (SSSR count). The van der Waals surface area contributed by atoms with Gasteiger partial charge in [0.1, 0.15) is 5.75 Å². The number of hydrogen-bond acceptors (Lipinski definition) is 5. The van der Waals surface area contributed by atoms with Crippen LogP contribution in [0.15, 0.2) is 54.6 Å². The number of nitrogens with zero attached hydrogens (tertiary/aromatic N) is 2. The molecule has 5 heteroatoms. The van der Waals surface area contributed by atoms with Crippen LogP contribution in [0.1, 0.15) is 12.8 Å². The zero-order chi connectivity index (χ0) is 21.0. The Hall–Kier alpha value is -2.63. The number of fused-ring (bicyclic) bond motifs is 2. The van der Waals surface area contributed by atoms with Gasteiger partial charge < -0.3 is 20.3 Å². The molecule has 2 unspecified atom stereocenters. The molecule has 2 aliphatic heterocycles. The molecule has 2 fully saturated rings. The van der Waals surface area contributed by atoms with Gasteiger partial charge in [-0.1, -0.05) is 18.2 Å². The van der Waals surface area contributed by atoms with Gasteiger partial charge in [0.15, 0.2) is 0 Å². The number of benzene rings is 2. The Bertz CT molecular complexity index is 1010. The van der Waals surface area contributed by atoms with E-state index in [9.17, 15) is 0 Å². The molecule has 2 aromatic carbocycles. The highest BCUT2D eigenvalue weighted by Gasteiger charge is 2.33. The van der Waals surface area contributed by atoms with Gasteiger partial charge in [-0.15, -0.1) is 0 Å². The number of pyridine rings is 1. The Morgan fingerprint density at radius 2 is 1.94 bits per heavy atom. The highest BCUT2D eigenvalue weighted by Crippen LogP contribution is 2.30. The summed E-state index contributed by atoms with van der Waals surface area (Å²) in [6, 6.07) is 18.7. The summed E-state index contributed by atoms with van der Waals surface area (Å²) in [4.78, 5) is 7.56. The number of likely N-dealkylation sites (tertiary alicyclic amines) is 1. The number of hydrogen-bond donors (Lipinski definition) is 2. The van der Waals surface area contributed by atoms with Crippen molar-refractivity contribution in [1.82, 2.24) is 15.2 Å².